The lowest BCUT2D eigenvalue weighted by Crippen LogP contribution is -2.49. The first-order chi connectivity index (χ1) is 18.4. The van der Waals surface area contributed by atoms with Crippen molar-refractivity contribution in [3.8, 4) is 17.1 Å². The van der Waals surface area contributed by atoms with Gasteiger partial charge in [-0.15, -0.1) is 0 Å². The Kier molecular flexibility index (Phi) is 7.59. The van der Waals surface area contributed by atoms with Gasteiger partial charge in [0.2, 0.25) is 16.0 Å². The minimum Gasteiger partial charge on any atom is -0.390 e. The van der Waals surface area contributed by atoms with Gasteiger partial charge < -0.3 is 15.0 Å². The third-order valence-electron chi connectivity index (χ3n) is 6.84. The number of anilines is 1. The molecule has 3 aromatic rings. The van der Waals surface area contributed by atoms with Crippen LogP contribution in [0.3, 0.4) is 0 Å². The molecule has 0 saturated carbocycles. The molecule has 1 aromatic carbocycles. The van der Waals surface area contributed by atoms with Gasteiger partial charge in [0.05, 0.1) is 23.1 Å². The monoisotopic (exact) mass is 585 g/mol. The molecule has 5 rings (SSSR count). The van der Waals surface area contributed by atoms with Crippen LogP contribution in [0.1, 0.15) is 24.0 Å². The molecule has 2 aliphatic rings. The van der Waals surface area contributed by atoms with Crippen LogP contribution in [-0.4, -0.2) is 86.8 Å². The fourth-order valence-corrected chi connectivity index (χ4v) is 5.90. The lowest BCUT2D eigenvalue weighted by Gasteiger charge is -2.36. The molecule has 10 nitrogen and oxygen atoms in total. The molecule has 2 N–H and O–H groups in total. The summed E-state index contributed by atoms with van der Waals surface area (Å²) in [6.45, 7) is 2.24. The van der Waals surface area contributed by atoms with Gasteiger partial charge in [0.1, 0.15) is 23.3 Å². The molecule has 39 heavy (non-hydrogen) atoms. The Hall–Kier alpha value is -2.78. The Morgan fingerprint density at radius 3 is 2.54 bits per heavy atom. The van der Waals surface area contributed by atoms with Gasteiger partial charge in [-0.2, -0.15) is 13.2 Å². The number of likely N-dealkylation sites (tertiary alicyclic amines) is 1. The van der Waals surface area contributed by atoms with Crippen molar-refractivity contribution >= 4 is 27.6 Å². The third kappa shape index (κ3) is 6.19. The highest BCUT2D eigenvalue weighted by molar-refractivity contribution is 7.88. The van der Waals surface area contributed by atoms with Crippen molar-refractivity contribution in [1.29, 1.82) is 0 Å². The van der Waals surface area contributed by atoms with E-state index in [9.17, 15) is 26.7 Å². The van der Waals surface area contributed by atoms with Crippen LogP contribution in [0.15, 0.2) is 36.9 Å². The minimum atomic E-state index is -4.71. The predicted molar refractivity (Wildman–Crippen MR) is 139 cm³/mol. The molecule has 2 fully saturated rings. The highest BCUT2D eigenvalue weighted by Crippen LogP contribution is 2.36. The van der Waals surface area contributed by atoms with E-state index in [-0.39, 0.29) is 29.5 Å². The van der Waals surface area contributed by atoms with E-state index >= 15 is 0 Å². The van der Waals surface area contributed by atoms with Crippen LogP contribution < -0.4 is 5.32 Å². The number of rotatable bonds is 7. The normalized spacial score (nSPS) is 18.3. The van der Waals surface area contributed by atoms with E-state index in [4.69, 9.17) is 11.6 Å². The second kappa shape index (κ2) is 10.7. The summed E-state index contributed by atoms with van der Waals surface area (Å²) in [4.78, 5) is 14.3. The van der Waals surface area contributed by atoms with Gasteiger partial charge in [-0.05, 0) is 24.5 Å². The second-order valence-corrected chi connectivity index (χ2v) is 12.2. The molecular formula is C24H27ClF3N7O3S. The fourth-order valence-electron chi connectivity index (χ4n) is 4.75. The maximum absolute atomic E-state index is 13.9. The van der Waals surface area contributed by atoms with Crippen LogP contribution in [0.5, 0.6) is 0 Å². The van der Waals surface area contributed by atoms with Crippen LogP contribution in [0.2, 0.25) is 5.02 Å². The first kappa shape index (κ1) is 27.8. The number of piperidine rings is 1. The number of benzene rings is 1. The smallest absolute Gasteiger partial charge is 0.390 e. The molecule has 2 aromatic heterocycles. The molecule has 2 saturated heterocycles. The maximum atomic E-state index is 13.9. The standard InChI is InChI=1S/C24H27ClF3N7O3S/c1-39(37,38)35-7-5-16(6-8-35)31-23-29-9-18(24(26,27)28)22(32-23)19-13-34(14-30-19)20-4-2-3-15(21(20)25)10-33-11-17(36)12-33/h2-4,9,13-14,16-17,36H,5-8,10-12H2,1H3,(H,29,31,32). The number of nitrogens with one attached hydrogen (secondary N) is 1. The summed E-state index contributed by atoms with van der Waals surface area (Å²) in [6, 6.07) is 5.20. The van der Waals surface area contributed by atoms with E-state index in [1.807, 2.05) is 11.0 Å². The van der Waals surface area contributed by atoms with Gasteiger partial charge in [-0.3, -0.25) is 4.90 Å². The Balaban J connectivity index is 1.39. The Morgan fingerprint density at radius 1 is 1.18 bits per heavy atom. The van der Waals surface area contributed by atoms with Gasteiger partial charge in [-0.1, -0.05) is 23.7 Å². The van der Waals surface area contributed by atoms with Gasteiger partial charge >= 0.3 is 6.18 Å². The molecule has 0 atom stereocenters. The van der Waals surface area contributed by atoms with E-state index in [0.717, 1.165) is 18.0 Å². The largest absolute Gasteiger partial charge is 0.420 e. The number of sulfonamides is 1. The van der Waals surface area contributed by atoms with E-state index in [2.05, 4.69) is 20.3 Å². The predicted octanol–water partition coefficient (Wildman–Crippen LogP) is 3.01. The lowest BCUT2D eigenvalue weighted by molar-refractivity contribution is -0.137. The first-order valence-corrected chi connectivity index (χ1v) is 14.5. The zero-order valence-electron chi connectivity index (χ0n) is 20.9. The summed E-state index contributed by atoms with van der Waals surface area (Å²) in [5, 5.41) is 13.0. The number of aliphatic hydroxyl groups excluding tert-OH is 1. The Labute approximate surface area is 228 Å². The molecule has 2 aliphatic heterocycles. The molecule has 15 heteroatoms. The molecule has 0 aliphatic carbocycles. The number of alkyl halides is 3. The number of aliphatic hydroxyl groups is 1. The summed E-state index contributed by atoms with van der Waals surface area (Å²) in [6.07, 6.45) is 0.556. The molecule has 4 heterocycles. The summed E-state index contributed by atoms with van der Waals surface area (Å²) in [5.41, 5.74) is -0.0436. The molecule has 0 amide bonds. The van der Waals surface area contributed by atoms with Crippen LogP contribution in [-0.2, 0) is 22.7 Å². The van der Waals surface area contributed by atoms with Gasteiger partial charge in [0, 0.05) is 51.2 Å². The van der Waals surface area contributed by atoms with Crippen LogP contribution >= 0.6 is 11.6 Å². The number of β-amino-alcohol motifs (C(OH)–C–C–N with tert-alkyl or cyclic N) is 1. The van der Waals surface area contributed by atoms with Crippen LogP contribution in [0.25, 0.3) is 17.1 Å². The lowest BCUT2D eigenvalue weighted by atomic mass is 10.1. The average molecular weight is 586 g/mol. The number of aromatic nitrogens is 4. The van der Waals surface area contributed by atoms with Crippen molar-refractivity contribution < 1.29 is 26.7 Å². The van der Waals surface area contributed by atoms with E-state index in [0.29, 0.717) is 56.3 Å². The van der Waals surface area contributed by atoms with E-state index < -0.39 is 21.8 Å². The SMILES string of the molecule is CS(=O)(=O)N1CCC(Nc2ncc(C(F)(F)F)c(-c3cn(-c4cccc(CN5CC(O)C5)c4Cl)cn3)n2)CC1. The van der Waals surface area contributed by atoms with Gasteiger partial charge in [0.25, 0.3) is 0 Å². The third-order valence-corrected chi connectivity index (χ3v) is 8.58. The van der Waals surface area contributed by atoms with Crippen LogP contribution in [0, 0.1) is 0 Å². The number of imidazole rings is 1. The molecule has 0 spiro atoms. The maximum Gasteiger partial charge on any atom is 0.420 e. The summed E-state index contributed by atoms with van der Waals surface area (Å²) >= 11 is 6.64. The molecule has 210 valence electrons. The first-order valence-electron chi connectivity index (χ1n) is 12.3. The Bertz CT molecular complexity index is 1450. The fraction of sp³-hybridized carbons (Fsp3) is 0.458. The zero-order valence-corrected chi connectivity index (χ0v) is 22.5. The molecule has 0 radical (unpaired) electrons. The van der Waals surface area contributed by atoms with Crippen molar-refractivity contribution in [3.05, 3.63) is 53.1 Å². The average Bonchev–Trinajstić information content (AvgIpc) is 3.33. The quantitative estimate of drug-likeness (QED) is 0.435. The second-order valence-electron chi connectivity index (χ2n) is 9.80. The zero-order chi connectivity index (χ0) is 27.9. The van der Waals surface area contributed by atoms with Gasteiger partial charge in [0.15, 0.2) is 0 Å². The highest BCUT2D eigenvalue weighted by Gasteiger charge is 2.36. The number of hydrogen-bond donors (Lipinski definition) is 2. The number of hydrogen-bond acceptors (Lipinski definition) is 8. The number of halogens is 4. The molecular weight excluding hydrogens is 559 g/mol. The van der Waals surface area contributed by atoms with Gasteiger partial charge in [-0.25, -0.2) is 27.7 Å². The number of nitrogens with zero attached hydrogens (tertiary/aromatic N) is 6. The summed E-state index contributed by atoms with van der Waals surface area (Å²) < 4.78 is 68.0. The Morgan fingerprint density at radius 2 is 1.90 bits per heavy atom. The van der Waals surface area contributed by atoms with Crippen molar-refractivity contribution in [1.82, 2.24) is 28.7 Å². The van der Waals surface area contributed by atoms with Crippen molar-refractivity contribution in [2.45, 2.75) is 37.7 Å². The van der Waals surface area contributed by atoms with Crippen molar-refractivity contribution in [3.63, 3.8) is 0 Å². The van der Waals surface area contributed by atoms with E-state index in [1.54, 1.807) is 16.7 Å². The summed E-state index contributed by atoms with van der Waals surface area (Å²) in [5.74, 6) is 0.00196. The highest BCUT2D eigenvalue weighted by atomic mass is 35.5. The van der Waals surface area contributed by atoms with E-state index in [1.165, 1.54) is 16.8 Å². The molecule has 0 bridgehead atoms. The summed E-state index contributed by atoms with van der Waals surface area (Å²) in [7, 11) is -3.30. The van der Waals surface area contributed by atoms with Crippen LogP contribution in [0.4, 0.5) is 19.1 Å². The van der Waals surface area contributed by atoms with Crippen molar-refractivity contribution in [2.24, 2.45) is 0 Å². The minimum absolute atomic E-state index is 0.00196. The van der Waals surface area contributed by atoms with Crippen molar-refractivity contribution in [2.75, 3.05) is 37.8 Å². The topological polar surface area (TPSA) is 116 Å². The molecule has 0 unspecified atom stereocenters.